The van der Waals surface area contributed by atoms with E-state index in [0.717, 1.165) is 17.8 Å². The van der Waals surface area contributed by atoms with Gasteiger partial charge < -0.3 is 4.90 Å². The molecule has 3 aromatic rings. The maximum absolute atomic E-state index is 12.1. The average Bonchev–Trinajstić information content (AvgIpc) is 2.72. The minimum Gasteiger partial charge on any atom is -0.336 e. The number of hydrogen-bond donors (Lipinski definition) is 1. The van der Waals surface area contributed by atoms with Gasteiger partial charge in [-0.3, -0.25) is 4.72 Å². The first-order valence-electron chi connectivity index (χ1n) is 9.40. The Hall–Kier alpha value is -2.86. The van der Waals surface area contributed by atoms with Crippen molar-refractivity contribution >= 4 is 27.2 Å². The molecule has 6 heteroatoms. The van der Waals surface area contributed by atoms with Gasteiger partial charge in [0.1, 0.15) is 5.82 Å². The molecule has 146 valence electrons. The van der Waals surface area contributed by atoms with Crippen molar-refractivity contribution in [1.29, 1.82) is 0 Å². The molecular weight excluding hydrogens is 370 g/mol. The monoisotopic (exact) mass is 395 g/mol. The van der Waals surface area contributed by atoms with Gasteiger partial charge in [-0.15, -0.1) is 0 Å². The molecule has 1 N–H and O–H groups in total. The molecule has 0 bridgehead atoms. The van der Waals surface area contributed by atoms with Gasteiger partial charge in [-0.1, -0.05) is 61.9 Å². The van der Waals surface area contributed by atoms with Crippen LogP contribution in [0.1, 0.15) is 25.3 Å². The normalized spacial score (nSPS) is 11.2. The Morgan fingerprint density at radius 1 is 0.893 bits per heavy atom. The van der Waals surface area contributed by atoms with Gasteiger partial charge in [-0.2, -0.15) is 0 Å². The first-order valence-corrected chi connectivity index (χ1v) is 11.1. The van der Waals surface area contributed by atoms with Crippen LogP contribution in [-0.4, -0.2) is 19.2 Å². The molecule has 0 aliphatic rings. The zero-order valence-electron chi connectivity index (χ0n) is 16.0. The first-order chi connectivity index (χ1) is 13.6. The number of pyridine rings is 1. The molecule has 0 aliphatic carbocycles. The Morgan fingerprint density at radius 2 is 1.57 bits per heavy atom. The predicted octanol–water partition coefficient (Wildman–Crippen LogP) is 4.96. The summed E-state index contributed by atoms with van der Waals surface area (Å²) in [4.78, 5) is 6.48. The molecule has 5 nitrogen and oxygen atoms in total. The largest absolute Gasteiger partial charge is 0.336 e. The molecule has 1 aromatic heterocycles. The molecule has 0 unspecified atom stereocenters. The third-order valence-electron chi connectivity index (χ3n) is 4.34. The van der Waals surface area contributed by atoms with E-state index in [0.29, 0.717) is 18.8 Å². The second kappa shape index (κ2) is 9.37. The van der Waals surface area contributed by atoms with Gasteiger partial charge >= 0.3 is 0 Å². The smallest absolute Gasteiger partial charge is 0.233 e. The van der Waals surface area contributed by atoms with Crippen LogP contribution < -0.4 is 9.62 Å². The van der Waals surface area contributed by atoms with Crippen LogP contribution in [0.3, 0.4) is 0 Å². The number of para-hydroxylation sites is 1. The topological polar surface area (TPSA) is 62.3 Å². The fourth-order valence-electron chi connectivity index (χ4n) is 2.86. The molecule has 1 heterocycles. The van der Waals surface area contributed by atoms with Gasteiger partial charge in [0, 0.05) is 12.2 Å². The zero-order valence-corrected chi connectivity index (χ0v) is 16.8. The standard InChI is InChI=1S/C22H25N3O2S/c1-2-3-16-28(26,27)24-22-15-14-21(17-23-22)25(20-12-8-5-9-13-20)18-19-10-6-4-7-11-19/h4-15,17H,2-3,16,18H2,1H3,(H,23,24). The van der Waals surface area contributed by atoms with E-state index in [2.05, 4.69) is 26.7 Å². The molecule has 28 heavy (non-hydrogen) atoms. The fourth-order valence-corrected chi connectivity index (χ4v) is 4.07. The third kappa shape index (κ3) is 5.57. The summed E-state index contributed by atoms with van der Waals surface area (Å²) in [6.07, 6.45) is 3.17. The maximum Gasteiger partial charge on any atom is 0.233 e. The van der Waals surface area contributed by atoms with E-state index in [1.54, 1.807) is 12.3 Å². The van der Waals surface area contributed by atoms with Crippen molar-refractivity contribution in [2.75, 3.05) is 15.4 Å². The van der Waals surface area contributed by atoms with Crippen LogP contribution in [0.4, 0.5) is 17.2 Å². The average molecular weight is 396 g/mol. The highest BCUT2D eigenvalue weighted by Gasteiger charge is 2.13. The fraction of sp³-hybridized carbons (Fsp3) is 0.227. The molecule has 0 atom stereocenters. The van der Waals surface area contributed by atoms with Crippen molar-refractivity contribution < 1.29 is 8.42 Å². The highest BCUT2D eigenvalue weighted by Crippen LogP contribution is 2.27. The van der Waals surface area contributed by atoms with Gasteiger partial charge in [0.2, 0.25) is 10.0 Å². The van der Waals surface area contributed by atoms with E-state index >= 15 is 0 Å². The van der Waals surface area contributed by atoms with E-state index in [1.165, 1.54) is 5.56 Å². The molecule has 0 radical (unpaired) electrons. The molecule has 2 aromatic carbocycles. The molecule has 3 rings (SSSR count). The lowest BCUT2D eigenvalue weighted by Crippen LogP contribution is -2.19. The van der Waals surface area contributed by atoms with Crippen molar-refractivity contribution in [3.8, 4) is 0 Å². The Bertz CT molecular complexity index is 960. The van der Waals surface area contributed by atoms with Crippen LogP contribution in [-0.2, 0) is 16.6 Å². The summed E-state index contributed by atoms with van der Waals surface area (Å²) in [5.41, 5.74) is 3.12. The van der Waals surface area contributed by atoms with Crippen LogP contribution in [0.25, 0.3) is 0 Å². The highest BCUT2D eigenvalue weighted by atomic mass is 32.2. The summed E-state index contributed by atoms with van der Waals surface area (Å²) >= 11 is 0. The lowest BCUT2D eigenvalue weighted by molar-refractivity contribution is 0.597. The summed E-state index contributed by atoms with van der Waals surface area (Å²) in [6.45, 7) is 2.65. The number of benzene rings is 2. The molecule has 0 fully saturated rings. The molecular formula is C22H25N3O2S. The predicted molar refractivity (Wildman–Crippen MR) is 115 cm³/mol. The lowest BCUT2D eigenvalue weighted by Gasteiger charge is -2.25. The van der Waals surface area contributed by atoms with Crippen LogP contribution in [0.2, 0.25) is 0 Å². The van der Waals surface area contributed by atoms with Crippen molar-refractivity contribution in [3.05, 3.63) is 84.6 Å². The van der Waals surface area contributed by atoms with Gasteiger partial charge in [-0.25, -0.2) is 13.4 Å². The summed E-state index contributed by atoms with van der Waals surface area (Å²) in [5.74, 6) is 0.449. The number of aromatic nitrogens is 1. The van der Waals surface area contributed by atoms with Gasteiger partial charge in [0.25, 0.3) is 0 Å². The summed E-state index contributed by atoms with van der Waals surface area (Å²) in [6, 6.07) is 23.9. The highest BCUT2D eigenvalue weighted by molar-refractivity contribution is 7.92. The summed E-state index contributed by atoms with van der Waals surface area (Å²) < 4.78 is 26.7. The van der Waals surface area contributed by atoms with Crippen LogP contribution >= 0.6 is 0 Å². The number of hydrogen-bond acceptors (Lipinski definition) is 4. The SMILES string of the molecule is CCCCS(=O)(=O)Nc1ccc(N(Cc2ccccc2)c2ccccc2)cn1. The van der Waals surface area contributed by atoms with Crippen molar-refractivity contribution in [2.24, 2.45) is 0 Å². The Balaban J connectivity index is 1.82. The molecule has 0 saturated carbocycles. The summed E-state index contributed by atoms with van der Waals surface area (Å²) in [7, 11) is -3.36. The maximum atomic E-state index is 12.1. The van der Waals surface area contributed by atoms with Crippen LogP contribution in [0, 0.1) is 0 Å². The molecule has 0 saturated heterocycles. The van der Waals surface area contributed by atoms with Crippen LogP contribution in [0.5, 0.6) is 0 Å². The summed E-state index contributed by atoms with van der Waals surface area (Å²) in [5, 5.41) is 0. The first kappa shape index (κ1) is 19.9. The van der Waals surface area contributed by atoms with Crippen molar-refractivity contribution in [2.45, 2.75) is 26.3 Å². The Kier molecular flexibility index (Phi) is 6.66. The van der Waals surface area contributed by atoms with E-state index in [4.69, 9.17) is 0 Å². The molecule has 0 aliphatic heterocycles. The second-order valence-electron chi connectivity index (χ2n) is 6.58. The Morgan fingerprint density at radius 3 is 2.18 bits per heavy atom. The number of anilines is 3. The minimum absolute atomic E-state index is 0.108. The number of unbranched alkanes of at least 4 members (excludes halogenated alkanes) is 1. The minimum atomic E-state index is -3.36. The number of nitrogens with one attached hydrogen (secondary N) is 1. The zero-order chi connectivity index (χ0) is 19.8. The van der Waals surface area contributed by atoms with Crippen LogP contribution in [0.15, 0.2) is 79.0 Å². The van der Waals surface area contributed by atoms with E-state index in [9.17, 15) is 8.42 Å². The quantitative estimate of drug-likeness (QED) is 0.556. The van der Waals surface area contributed by atoms with Gasteiger partial charge in [0.15, 0.2) is 0 Å². The Labute approximate surface area is 167 Å². The van der Waals surface area contributed by atoms with Gasteiger partial charge in [0.05, 0.1) is 17.6 Å². The molecule has 0 spiro atoms. The van der Waals surface area contributed by atoms with Crippen molar-refractivity contribution in [3.63, 3.8) is 0 Å². The number of rotatable bonds is 9. The van der Waals surface area contributed by atoms with E-state index in [-0.39, 0.29) is 5.75 Å². The van der Waals surface area contributed by atoms with E-state index in [1.807, 2.05) is 61.5 Å². The van der Waals surface area contributed by atoms with Gasteiger partial charge in [-0.05, 0) is 36.2 Å². The molecule has 0 amide bonds. The number of nitrogens with zero attached hydrogens (tertiary/aromatic N) is 2. The lowest BCUT2D eigenvalue weighted by atomic mass is 10.2. The number of sulfonamides is 1. The third-order valence-corrected chi connectivity index (χ3v) is 5.68. The van der Waals surface area contributed by atoms with Crippen molar-refractivity contribution in [1.82, 2.24) is 4.98 Å². The van der Waals surface area contributed by atoms with E-state index < -0.39 is 10.0 Å². The second-order valence-corrected chi connectivity index (χ2v) is 8.43.